The maximum atomic E-state index is 12.9. The molecule has 0 spiro atoms. The van der Waals surface area contributed by atoms with Crippen molar-refractivity contribution in [3.05, 3.63) is 109 Å². The third kappa shape index (κ3) is 55.0. The van der Waals surface area contributed by atoms with Gasteiger partial charge in [0.2, 0.25) is 0 Å². The molecule has 0 N–H and O–H groups in total. The molecule has 398 valence electrons. The molecule has 0 heterocycles. The fourth-order valence-electron chi connectivity index (χ4n) is 7.75. The fraction of sp³-hybridized carbons (Fsp3) is 0.672. The Kier molecular flexibility index (Phi) is 54.4. The molecule has 0 aromatic heterocycles. The summed E-state index contributed by atoms with van der Waals surface area (Å²) in [6.45, 7) is 6.43. The molecule has 0 radical (unpaired) electrons. The van der Waals surface area contributed by atoms with Gasteiger partial charge in [-0.2, -0.15) is 0 Å². The Labute approximate surface area is 431 Å². The summed E-state index contributed by atoms with van der Waals surface area (Å²) in [5.74, 6) is -0.934. The van der Waals surface area contributed by atoms with Crippen LogP contribution in [0.5, 0.6) is 0 Å². The Balaban J connectivity index is 4.47. The molecule has 6 nitrogen and oxygen atoms in total. The van der Waals surface area contributed by atoms with E-state index in [2.05, 4.69) is 130 Å². The van der Waals surface area contributed by atoms with E-state index in [1.807, 2.05) is 0 Å². The number of esters is 3. The van der Waals surface area contributed by atoms with E-state index in [4.69, 9.17) is 14.2 Å². The summed E-state index contributed by atoms with van der Waals surface area (Å²) in [4.78, 5) is 38.2. The number of carbonyl (C=O) groups is 3. The van der Waals surface area contributed by atoms with Crippen molar-refractivity contribution in [1.82, 2.24) is 0 Å². The second kappa shape index (κ2) is 57.6. The third-order valence-electron chi connectivity index (χ3n) is 12.1. The molecule has 6 heteroatoms. The van der Waals surface area contributed by atoms with E-state index >= 15 is 0 Å². The largest absolute Gasteiger partial charge is 0.462 e. The predicted molar refractivity (Wildman–Crippen MR) is 302 cm³/mol. The highest BCUT2D eigenvalue weighted by molar-refractivity contribution is 5.71. The lowest BCUT2D eigenvalue weighted by atomic mass is 10.1. The molecule has 0 aliphatic rings. The molecular formula is C64H106O6. The summed E-state index contributed by atoms with van der Waals surface area (Å²) in [6, 6.07) is 0. The molecule has 0 aromatic rings. The minimum Gasteiger partial charge on any atom is -0.462 e. The van der Waals surface area contributed by atoms with Gasteiger partial charge in [-0.25, -0.2) is 0 Å². The zero-order valence-corrected chi connectivity index (χ0v) is 45.5. The molecular weight excluding hydrogens is 865 g/mol. The fourth-order valence-corrected chi connectivity index (χ4v) is 7.75. The minimum absolute atomic E-state index is 0.0960. The molecule has 0 aliphatic heterocycles. The standard InChI is InChI=1S/C64H106O6/c1-4-7-10-13-16-19-22-25-28-30-32-34-36-39-42-45-48-51-54-57-63(66)69-60-61(59-68-62(65)56-53-50-47-44-41-38-35-27-24-21-18-15-12-9-6-3)70-64(67)58-55-52-49-46-43-40-37-33-31-29-26-23-20-17-14-11-8-5-2/h7,10,16-21,23-29,31,33,37,61H,4-6,8-9,11-15,22,30,32,34-36,38-60H2,1-3H3/b10-7-,19-16-,20-17-,21-18-,26-23-,27-24-,28-25-,31-29-,37-33-. The molecule has 0 amide bonds. The molecule has 0 aromatic carbocycles. The summed E-state index contributed by atoms with van der Waals surface area (Å²) in [7, 11) is 0. The van der Waals surface area contributed by atoms with Gasteiger partial charge in [-0.3, -0.25) is 14.4 Å². The van der Waals surface area contributed by atoms with Gasteiger partial charge in [-0.15, -0.1) is 0 Å². The van der Waals surface area contributed by atoms with Crippen molar-refractivity contribution in [1.29, 1.82) is 0 Å². The van der Waals surface area contributed by atoms with Gasteiger partial charge in [-0.05, 0) is 103 Å². The molecule has 0 saturated carbocycles. The normalized spacial score (nSPS) is 12.9. The highest BCUT2D eigenvalue weighted by atomic mass is 16.6. The Morgan fingerprint density at radius 2 is 0.614 bits per heavy atom. The van der Waals surface area contributed by atoms with Gasteiger partial charge in [0, 0.05) is 19.3 Å². The first-order chi connectivity index (χ1) is 34.5. The number of hydrogen-bond acceptors (Lipinski definition) is 6. The van der Waals surface area contributed by atoms with Gasteiger partial charge in [0.15, 0.2) is 6.10 Å². The Morgan fingerprint density at radius 3 is 1.01 bits per heavy atom. The van der Waals surface area contributed by atoms with Crippen molar-refractivity contribution in [3.8, 4) is 0 Å². The van der Waals surface area contributed by atoms with E-state index in [1.54, 1.807) is 0 Å². The van der Waals surface area contributed by atoms with Crippen LogP contribution >= 0.6 is 0 Å². The summed E-state index contributed by atoms with van der Waals surface area (Å²) in [5.41, 5.74) is 0. The van der Waals surface area contributed by atoms with E-state index in [-0.39, 0.29) is 31.1 Å². The van der Waals surface area contributed by atoms with E-state index in [0.29, 0.717) is 19.3 Å². The van der Waals surface area contributed by atoms with Gasteiger partial charge in [-0.1, -0.05) is 246 Å². The van der Waals surface area contributed by atoms with Crippen LogP contribution in [0.15, 0.2) is 109 Å². The first-order valence-corrected chi connectivity index (χ1v) is 29.0. The lowest BCUT2D eigenvalue weighted by molar-refractivity contribution is -0.167. The van der Waals surface area contributed by atoms with E-state index in [9.17, 15) is 14.4 Å². The van der Waals surface area contributed by atoms with Crippen LogP contribution in [-0.2, 0) is 28.6 Å². The molecule has 1 unspecified atom stereocenters. The average molecular weight is 972 g/mol. The van der Waals surface area contributed by atoms with E-state index in [1.165, 1.54) is 109 Å². The number of unbranched alkanes of at least 4 members (excludes halogenated alkanes) is 26. The van der Waals surface area contributed by atoms with Gasteiger partial charge < -0.3 is 14.2 Å². The molecule has 1 atom stereocenters. The number of hydrogen-bond donors (Lipinski definition) is 0. The smallest absolute Gasteiger partial charge is 0.306 e. The van der Waals surface area contributed by atoms with Crippen LogP contribution in [0.2, 0.25) is 0 Å². The average Bonchev–Trinajstić information content (AvgIpc) is 3.36. The van der Waals surface area contributed by atoms with Gasteiger partial charge in [0.25, 0.3) is 0 Å². The van der Waals surface area contributed by atoms with Crippen LogP contribution in [0.3, 0.4) is 0 Å². The van der Waals surface area contributed by atoms with Crippen molar-refractivity contribution >= 4 is 17.9 Å². The third-order valence-corrected chi connectivity index (χ3v) is 12.1. The quantitative estimate of drug-likeness (QED) is 0.0199. The molecule has 0 bridgehead atoms. The second-order valence-corrected chi connectivity index (χ2v) is 18.9. The Morgan fingerprint density at radius 1 is 0.314 bits per heavy atom. The maximum absolute atomic E-state index is 12.9. The van der Waals surface area contributed by atoms with Crippen molar-refractivity contribution < 1.29 is 28.6 Å². The molecule has 0 rings (SSSR count). The maximum Gasteiger partial charge on any atom is 0.306 e. The van der Waals surface area contributed by atoms with Gasteiger partial charge in [0.05, 0.1) is 0 Å². The summed E-state index contributed by atoms with van der Waals surface area (Å²) < 4.78 is 16.9. The molecule has 0 saturated heterocycles. The summed E-state index contributed by atoms with van der Waals surface area (Å²) in [5, 5.41) is 0. The highest BCUT2D eigenvalue weighted by Crippen LogP contribution is 2.15. The topological polar surface area (TPSA) is 78.9 Å². The van der Waals surface area contributed by atoms with Crippen LogP contribution in [0.25, 0.3) is 0 Å². The first kappa shape index (κ1) is 66.1. The monoisotopic (exact) mass is 971 g/mol. The highest BCUT2D eigenvalue weighted by Gasteiger charge is 2.19. The zero-order chi connectivity index (χ0) is 50.7. The summed E-state index contributed by atoms with van der Waals surface area (Å²) in [6.07, 6.45) is 77.8. The van der Waals surface area contributed by atoms with Crippen molar-refractivity contribution in [2.24, 2.45) is 0 Å². The number of carbonyl (C=O) groups excluding carboxylic acids is 3. The summed E-state index contributed by atoms with van der Waals surface area (Å²) >= 11 is 0. The SMILES string of the molecule is CC/C=C\C/C=C\C/C=C\CCCCCCCCCCCC(=O)OCC(COC(=O)CCCCCCCC/C=C\C=C/CCCCC)OC(=O)CCCCCCC\C=C/C=C\C=C/C=C\CCCCC. The van der Waals surface area contributed by atoms with Gasteiger partial charge >= 0.3 is 17.9 Å². The van der Waals surface area contributed by atoms with Crippen LogP contribution in [-0.4, -0.2) is 37.2 Å². The van der Waals surface area contributed by atoms with Crippen molar-refractivity contribution in [3.63, 3.8) is 0 Å². The van der Waals surface area contributed by atoms with Crippen LogP contribution in [0, 0.1) is 0 Å². The predicted octanol–water partition coefficient (Wildman–Crippen LogP) is 19.5. The molecule has 70 heavy (non-hydrogen) atoms. The number of allylic oxidation sites excluding steroid dienone is 18. The lowest BCUT2D eigenvalue weighted by Crippen LogP contribution is -2.30. The Bertz CT molecular complexity index is 1440. The minimum atomic E-state index is -0.800. The number of rotatable bonds is 51. The molecule has 0 aliphatic carbocycles. The zero-order valence-electron chi connectivity index (χ0n) is 45.5. The van der Waals surface area contributed by atoms with E-state index < -0.39 is 6.10 Å². The molecule has 0 fully saturated rings. The van der Waals surface area contributed by atoms with Crippen LogP contribution < -0.4 is 0 Å². The van der Waals surface area contributed by atoms with Gasteiger partial charge in [0.1, 0.15) is 13.2 Å². The number of ether oxygens (including phenoxy) is 3. The first-order valence-electron chi connectivity index (χ1n) is 29.0. The Hall–Kier alpha value is -3.93. The van der Waals surface area contributed by atoms with Crippen molar-refractivity contribution in [2.75, 3.05) is 13.2 Å². The van der Waals surface area contributed by atoms with Crippen molar-refractivity contribution in [2.45, 2.75) is 264 Å². The lowest BCUT2D eigenvalue weighted by Gasteiger charge is -2.18. The van der Waals surface area contributed by atoms with E-state index in [0.717, 1.165) is 109 Å². The second-order valence-electron chi connectivity index (χ2n) is 18.9. The van der Waals surface area contributed by atoms with Crippen LogP contribution in [0.4, 0.5) is 0 Å². The van der Waals surface area contributed by atoms with Crippen LogP contribution in [0.1, 0.15) is 258 Å².